The van der Waals surface area contributed by atoms with Crippen LogP contribution >= 0.6 is 0 Å². The van der Waals surface area contributed by atoms with E-state index in [4.69, 9.17) is 0 Å². The van der Waals surface area contributed by atoms with Gasteiger partial charge in [-0.05, 0) is 18.9 Å². The van der Waals surface area contributed by atoms with Crippen LogP contribution in [0.4, 0.5) is 19.1 Å². The van der Waals surface area contributed by atoms with E-state index >= 15 is 0 Å². The first-order valence-electron chi connectivity index (χ1n) is 4.57. The second kappa shape index (κ2) is 4.95. The van der Waals surface area contributed by atoms with E-state index in [-0.39, 0.29) is 13.0 Å². The summed E-state index contributed by atoms with van der Waals surface area (Å²) in [4.78, 5) is 7.82. The molecule has 0 amide bonds. The van der Waals surface area contributed by atoms with E-state index in [2.05, 4.69) is 15.3 Å². The monoisotopic (exact) mass is 219 g/mol. The summed E-state index contributed by atoms with van der Waals surface area (Å²) >= 11 is 0. The van der Waals surface area contributed by atoms with Crippen LogP contribution in [0.25, 0.3) is 0 Å². The van der Waals surface area contributed by atoms with Crippen molar-refractivity contribution in [2.45, 2.75) is 25.9 Å². The number of alkyl halides is 3. The van der Waals surface area contributed by atoms with Crippen molar-refractivity contribution in [1.82, 2.24) is 9.97 Å². The second-order valence-electron chi connectivity index (χ2n) is 3.23. The highest BCUT2D eigenvalue weighted by Crippen LogP contribution is 2.20. The molecule has 0 aliphatic carbocycles. The number of halogens is 3. The highest BCUT2D eigenvalue weighted by molar-refractivity contribution is 5.23. The Kier molecular flexibility index (Phi) is 3.88. The van der Waals surface area contributed by atoms with E-state index in [0.29, 0.717) is 5.95 Å². The first kappa shape index (κ1) is 11.7. The molecule has 0 atom stereocenters. The Morgan fingerprint density at radius 1 is 1.27 bits per heavy atom. The first-order valence-corrected chi connectivity index (χ1v) is 4.57. The Hall–Kier alpha value is -1.33. The van der Waals surface area contributed by atoms with Crippen LogP contribution in [0, 0.1) is 6.92 Å². The van der Waals surface area contributed by atoms with Gasteiger partial charge in [0, 0.05) is 25.4 Å². The average Bonchev–Trinajstić information content (AvgIpc) is 2.14. The lowest BCUT2D eigenvalue weighted by atomic mass is 10.3. The van der Waals surface area contributed by atoms with Gasteiger partial charge < -0.3 is 5.32 Å². The van der Waals surface area contributed by atoms with Crippen molar-refractivity contribution < 1.29 is 13.2 Å². The smallest absolute Gasteiger partial charge is 0.354 e. The summed E-state index contributed by atoms with van der Waals surface area (Å²) in [6, 6.07) is 0. The summed E-state index contributed by atoms with van der Waals surface area (Å²) in [5, 5.41) is 2.72. The topological polar surface area (TPSA) is 37.8 Å². The minimum atomic E-state index is -4.09. The van der Waals surface area contributed by atoms with E-state index in [1.54, 1.807) is 12.4 Å². The van der Waals surface area contributed by atoms with E-state index in [9.17, 15) is 13.2 Å². The molecule has 0 unspecified atom stereocenters. The lowest BCUT2D eigenvalue weighted by Crippen LogP contribution is -2.12. The summed E-state index contributed by atoms with van der Waals surface area (Å²) in [5.41, 5.74) is 0.913. The van der Waals surface area contributed by atoms with Crippen LogP contribution in [0.15, 0.2) is 12.4 Å². The minimum Gasteiger partial charge on any atom is -0.354 e. The molecule has 0 aliphatic rings. The number of anilines is 1. The maximum absolute atomic E-state index is 11.8. The van der Waals surface area contributed by atoms with Crippen molar-refractivity contribution in [3.63, 3.8) is 0 Å². The van der Waals surface area contributed by atoms with Gasteiger partial charge in [0.25, 0.3) is 0 Å². The van der Waals surface area contributed by atoms with Crippen LogP contribution in [-0.2, 0) is 0 Å². The summed E-state index contributed by atoms with van der Waals surface area (Å²) in [7, 11) is 0. The average molecular weight is 219 g/mol. The summed E-state index contributed by atoms with van der Waals surface area (Å²) < 4.78 is 35.3. The molecule has 1 rings (SSSR count). The number of nitrogens with zero attached hydrogens (tertiary/aromatic N) is 2. The van der Waals surface area contributed by atoms with E-state index in [1.807, 2.05) is 6.92 Å². The SMILES string of the molecule is Cc1cnc(NCCCC(F)(F)F)nc1. The van der Waals surface area contributed by atoms with E-state index in [0.717, 1.165) is 5.56 Å². The molecule has 1 aromatic rings. The predicted octanol–water partition coefficient (Wildman–Crippen LogP) is 2.54. The Balaban J connectivity index is 2.23. The molecule has 0 saturated carbocycles. The van der Waals surface area contributed by atoms with Gasteiger partial charge >= 0.3 is 6.18 Å². The molecule has 1 N–H and O–H groups in total. The van der Waals surface area contributed by atoms with Crippen LogP contribution in [0.3, 0.4) is 0 Å². The van der Waals surface area contributed by atoms with Crippen molar-refractivity contribution in [2.75, 3.05) is 11.9 Å². The molecule has 0 aromatic carbocycles. The zero-order chi connectivity index (χ0) is 11.3. The fourth-order valence-corrected chi connectivity index (χ4v) is 0.973. The normalized spacial score (nSPS) is 11.5. The number of nitrogens with one attached hydrogen (secondary N) is 1. The third-order valence-corrected chi connectivity index (χ3v) is 1.70. The second-order valence-corrected chi connectivity index (χ2v) is 3.23. The van der Waals surface area contributed by atoms with E-state index in [1.165, 1.54) is 0 Å². The van der Waals surface area contributed by atoms with Gasteiger partial charge in [-0.3, -0.25) is 0 Å². The Morgan fingerprint density at radius 3 is 2.40 bits per heavy atom. The molecular weight excluding hydrogens is 207 g/mol. The largest absolute Gasteiger partial charge is 0.389 e. The van der Waals surface area contributed by atoms with Crippen LogP contribution in [0.1, 0.15) is 18.4 Å². The molecule has 0 aliphatic heterocycles. The zero-order valence-electron chi connectivity index (χ0n) is 8.30. The van der Waals surface area contributed by atoms with Crippen molar-refractivity contribution in [1.29, 1.82) is 0 Å². The van der Waals surface area contributed by atoms with Gasteiger partial charge in [0.15, 0.2) is 0 Å². The number of aromatic nitrogens is 2. The van der Waals surface area contributed by atoms with Crippen molar-refractivity contribution in [3.05, 3.63) is 18.0 Å². The molecule has 6 heteroatoms. The quantitative estimate of drug-likeness (QED) is 0.791. The summed E-state index contributed by atoms with van der Waals surface area (Å²) in [5.74, 6) is 0.364. The molecule has 0 bridgehead atoms. The van der Waals surface area contributed by atoms with Crippen molar-refractivity contribution >= 4 is 5.95 Å². The number of aryl methyl sites for hydroxylation is 1. The van der Waals surface area contributed by atoms with Gasteiger partial charge in [-0.2, -0.15) is 13.2 Å². The standard InChI is InChI=1S/C9H12F3N3/c1-7-5-14-8(15-6-7)13-4-2-3-9(10,11)12/h5-6H,2-4H2,1H3,(H,13,14,15). The maximum atomic E-state index is 11.8. The fraction of sp³-hybridized carbons (Fsp3) is 0.556. The zero-order valence-corrected chi connectivity index (χ0v) is 8.30. The highest BCUT2D eigenvalue weighted by Gasteiger charge is 2.25. The molecule has 0 fully saturated rings. The minimum absolute atomic E-state index is 0.0285. The molecule has 1 aromatic heterocycles. The Morgan fingerprint density at radius 2 is 1.87 bits per heavy atom. The molecule has 0 spiro atoms. The third kappa shape index (κ3) is 5.19. The Bertz CT molecular complexity index is 294. The third-order valence-electron chi connectivity index (χ3n) is 1.70. The van der Waals surface area contributed by atoms with Gasteiger partial charge in [0.05, 0.1) is 0 Å². The lowest BCUT2D eigenvalue weighted by molar-refractivity contribution is -0.134. The fourth-order valence-electron chi connectivity index (χ4n) is 0.973. The van der Waals surface area contributed by atoms with Gasteiger partial charge in [-0.15, -0.1) is 0 Å². The van der Waals surface area contributed by atoms with Gasteiger partial charge in [-0.25, -0.2) is 9.97 Å². The molecule has 3 nitrogen and oxygen atoms in total. The number of hydrogen-bond acceptors (Lipinski definition) is 3. The lowest BCUT2D eigenvalue weighted by Gasteiger charge is -2.06. The van der Waals surface area contributed by atoms with Crippen molar-refractivity contribution in [2.24, 2.45) is 0 Å². The van der Waals surface area contributed by atoms with Crippen molar-refractivity contribution in [3.8, 4) is 0 Å². The molecule has 1 heterocycles. The van der Waals surface area contributed by atoms with Gasteiger partial charge in [0.1, 0.15) is 0 Å². The van der Waals surface area contributed by atoms with Crippen LogP contribution in [0.5, 0.6) is 0 Å². The number of rotatable bonds is 4. The molecule has 0 saturated heterocycles. The summed E-state index contributed by atoms with van der Waals surface area (Å²) in [6.45, 7) is 2.07. The van der Waals surface area contributed by atoms with Crippen LogP contribution in [-0.4, -0.2) is 22.7 Å². The molecule has 15 heavy (non-hydrogen) atoms. The van der Waals surface area contributed by atoms with Gasteiger partial charge in [0.2, 0.25) is 5.95 Å². The van der Waals surface area contributed by atoms with Crippen LogP contribution < -0.4 is 5.32 Å². The first-order chi connectivity index (χ1) is 6.97. The molecule has 0 radical (unpaired) electrons. The van der Waals surface area contributed by atoms with Gasteiger partial charge in [-0.1, -0.05) is 0 Å². The molecular formula is C9H12F3N3. The van der Waals surface area contributed by atoms with E-state index < -0.39 is 12.6 Å². The predicted molar refractivity (Wildman–Crippen MR) is 50.5 cm³/mol. The maximum Gasteiger partial charge on any atom is 0.389 e. The molecule has 84 valence electrons. The van der Waals surface area contributed by atoms with Crippen LogP contribution in [0.2, 0.25) is 0 Å². The number of hydrogen-bond donors (Lipinski definition) is 1. The Labute approximate surface area is 85.7 Å². The highest BCUT2D eigenvalue weighted by atomic mass is 19.4. The summed E-state index contributed by atoms with van der Waals surface area (Å²) in [6.07, 6.45) is -1.62.